The molecule has 1 fully saturated rings. The number of hydrogen-bond acceptors (Lipinski definition) is 5. The highest BCUT2D eigenvalue weighted by Gasteiger charge is 2.33. The van der Waals surface area contributed by atoms with Gasteiger partial charge in [0.2, 0.25) is 11.9 Å². The quantitative estimate of drug-likeness (QED) is 0.795. The summed E-state index contributed by atoms with van der Waals surface area (Å²) in [6.07, 6.45) is 4.14. The van der Waals surface area contributed by atoms with Gasteiger partial charge in [-0.15, -0.1) is 5.10 Å². The van der Waals surface area contributed by atoms with E-state index in [-0.39, 0.29) is 18.1 Å². The van der Waals surface area contributed by atoms with Crippen LogP contribution in [0.15, 0.2) is 34.1 Å². The Morgan fingerprint density at radius 3 is 2.70 bits per heavy atom. The zero-order valence-corrected chi connectivity index (χ0v) is 15.2. The maximum atomic E-state index is 13.1. The number of aromatic nitrogens is 3. The van der Waals surface area contributed by atoms with Crippen LogP contribution in [0.2, 0.25) is 0 Å². The number of hydrogen-bond donors (Lipinski definition) is 0. The molecule has 8 nitrogen and oxygen atoms in total. The summed E-state index contributed by atoms with van der Waals surface area (Å²) in [6.45, 7) is 3.07. The number of carbonyl (C=O) groups is 1. The first-order valence-corrected chi connectivity index (χ1v) is 9.63. The molecule has 8 heteroatoms. The fourth-order valence-electron chi connectivity index (χ4n) is 4.14. The molecular weight excluding hydrogens is 344 g/mol. The van der Waals surface area contributed by atoms with Gasteiger partial charge in [0, 0.05) is 31.7 Å². The first kappa shape index (κ1) is 16.3. The summed E-state index contributed by atoms with van der Waals surface area (Å²) < 4.78 is 2.92. The number of likely N-dealkylation sites (tertiary alicyclic amines) is 1. The van der Waals surface area contributed by atoms with Crippen LogP contribution in [-0.2, 0) is 11.3 Å². The molecule has 5 rings (SSSR count). The molecule has 1 aromatic carbocycles. The molecule has 0 bridgehead atoms. The normalized spacial score (nSPS) is 18.4. The Hall–Kier alpha value is -2.90. The highest BCUT2D eigenvalue weighted by molar-refractivity contribution is 6.13. The number of aliphatic imine (C=N–C) groups is 1. The minimum Gasteiger partial charge on any atom is -0.341 e. The van der Waals surface area contributed by atoms with Gasteiger partial charge in [0.05, 0.1) is 5.69 Å². The average molecular weight is 366 g/mol. The van der Waals surface area contributed by atoms with E-state index >= 15 is 0 Å². The van der Waals surface area contributed by atoms with E-state index in [2.05, 4.69) is 10.1 Å². The van der Waals surface area contributed by atoms with Gasteiger partial charge in [-0.1, -0.05) is 12.1 Å². The van der Waals surface area contributed by atoms with Crippen LogP contribution in [0.4, 0.5) is 5.95 Å². The minimum absolute atomic E-state index is 0.0126. The lowest BCUT2D eigenvalue weighted by molar-refractivity contribution is -0.133. The van der Waals surface area contributed by atoms with Crippen LogP contribution in [0.25, 0.3) is 5.69 Å². The molecule has 0 atom stereocenters. The molecule has 0 unspecified atom stereocenters. The van der Waals surface area contributed by atoms with Crippen molar-refractivity contribution in [3.05, 3.63) is 40.3 Å². The lowest BCUT2D eigenvalue weighted by Crippen LogP contribution is -2.43. The molecule has 0 spiro atoms. The first-order chi connectivity index (χ1) is 13.2. The van der Waals surface area contributed by atoms with Crippen molar-refractivity contribution in [3.63, 3.8) is 0 Å². The maximum Gasteiger partial charge on any atom is 0.352 e. The molecule has 1 saturated heterocycles. The lowest BCUT2D eigenvalue weighted by atomic mass is 10.1. The number of carbonyl (C=O) groups excluding carboxylic acids is 1. The molecule has 0 aliphatic carbocycles. The Morgan fingerprint density at radius 2 is 1.85 bits per heavy atom. The van der Waals surface area contributed by atoms with E-state index in [1.165, 1.54) is 4.68 Å². The van der Waals surface area contributed by atoms with E-state index in [0.717, 1.165) is 68.9 Å². The smallest absolute Gasteiger partial charge is 0.341 e. The number of piperidine rings is 1. The number of anilines is 1. The number of amides is 1. The summed E-state index contributed by atoms with van der Waals surface area (Å²) in [5, 5.41) is 4.53. The molecule has 3 aliphatic rings. The highest BCUT2D eigenvalue weighted by Crippen LogP contribution is 2.29. The molecule has 1 amide bonds. The van der Waals surface area contributed by atoms with Crippen LogP contribution >= 0.6 is 0 Å². The third kappa shape index (κ3) is 2.58. The van der Waals surface area contributed by atoms with Crippen molar-refractivity contribution in [2.75, 3.05) is 31.1 Å². The van der Waals surface area contributed by atoms with Crippen molar-refractivity contribution in [1.29, 1.82) is 0 Å². The van der Waals surface area contributed by atoms with Gasteiger partial charge in [0.25, 0.3) is 0 Å². The van der Waals surface area contributed by atoms with Crippen molar-refractivity contribution < 1.29 is 4.79 Å². The van der Waals surface area contributed by atoms with Gasteiger partial charge in [0.15, 0.2) is 0 Å². The summed E-state index contributed by atoms with van der Waals surface area (Å²) in [4.78, 5) is 34.2. The van der Waals surface area contributed by atoms with Crippen molar-refractivity contribution in [1.82, 2.24) is 19.2 Å². The Labute approximate surface area is 156 Å². The number of rotatable bonds is 2. The standard InChI is InChI=1S/C19H22N6O2/c26-16(22-10-4-1-5-11-22)13-24-19(27)25-15-8-3-2-7-14(15)17-20-9-6-12-23(17)18(25)21-24/h2-3,7-8H,1,4-6,9-13H2. The van der Waals surface area contributed by atoms with E-state index < -0.39 is 0 Å². The van der Waals surface area contributed by atoms with Gasteiger partial charge >= 0.3 is 5.69 Å². The van der Waals surface area contributed by atoms with Gasteiger partial charge < -0.3 is 4.90 Å². The molecular formula is C19H22N6O2. The molecule has 3 aliphatic heterocycles. The third-order valence-electron chi connectivity index (χ3n) is 5.50. The SMILES string of the molecule is O=C(Cn1nc2n(c1=O)-c1ccccc1C1=NCCCN12)N1CCCCC1. The van der Waals surface area contributed by atoms with Gasteiger partial charge in [-0.25, -0.2) is 14.0 Å². The fourth-order valence-corrected chi connectivity index (χ4v) is 4.14. The van der Waals surface area contributed by atoms with E-state index in [1.807, 2.05) is 34.1 Å². The van der Waals surface area contributed by atoms with Crippen molar-refractivity contribution in [3.8, 4) is 5.69 Å². The lowest BCUT2D eigenvalue weighted by Gasteiger charge is -2.33. The predicted molar refractivity (Wildman–Crippen MR) is 102 cm³/mol. The maximum absolute atomic E-state index is 13.1. The zero-order chi connectivity index (χ0) is 18.4. The molecule has 140 valence electrons. The average Bonchev–Trinajstić information content (AvgIpc) is 3.05. The van der Waals surface area contributed by atoms with E-state index in [9.17, 15) is 9.59 Å². The third-order valence-corrected chi connectivity index (χ3v) is 5.50. The van der Waals surface area contributed by atoms with E-state index in [1.54, 1.807) is 4.57 Å². The largest absolute Gasteiger partial charge is 0.352 e. The molecule has 0 radical (unpaired) electrons. The second-order valence-electron chi connectivity index (χ2n) is 7.24. The Kier molecular flexibility index (Phi) is 3.84. The number of nitrogens with zero attached hydrogens (tertiary/aromatic N) is 6. The first-order valence-electron chi connectivity index (χ1n) is 9.63. The molecule has 4 heterocycles. The van der Waals surface area contributed by atoms with Crippen LogP contribution in [-0.4, -0.2) is 57.2 Å². The minimum atomic E-state index is -0.271. The van der Waals surface area contributed by atoms with E-state index in [4.69, 9.17) is 0 Å². The molecule has 0 N–H and O–H groups in total. The number of fused-ring (bicyclic) bond motifs is 6. The van der Waals surface area contributed by atoms with Gasteiger partial charge in [-0.3, -0.25) is 14.7 Å². The molecule has 1 aromatic heterocycles. The summed E-state index contributed by atoms with van der Waals surface area (Å²) in [5.41, 5.74) is 1.45. The summed E-state index contributed by atoms with van der Waals surface area (Å²) in [7, 11) is 0. The van der Waals surface area contributed by atoms with Crippen molar-refractivity contribution >= 4 is 17.7 Å². The topological polar surface area (TPSA) is 75.7 Å². The van der Waals surface area contributed by atoms with E-state index in [0.29, 0.717) is 5.95 Å². The Morgan fingerprint density at radius 1 is 1.04 bits per heavy atom. The second kappa shape index (κ2) is 6.37. The van der Waals surface area contributed by atoms with Crippen LogP contribution in [0.5, 0.6) is 0 Å². The predicted octanol–water partition coefficient (Wildman–Crippen LogP) is 1.02. The molecule has 0 saturated carbocycles. The van der Waals surface area contributed by atoms with Crippen LogP contribution in [0.3, 0.4) is 0 Å². The number of amidine groups is 1. The summed E-state index contributed by atoms with van der Waals surface area (Å²) in [5.74, 6) is 1.39. The number of para-hydroxylation sites is 1. The second-order valence-corrected chi connectivity index (χ2v) is 7.24. The highest BCUT2D eigenvalue weighted by atomic mass is 16.2. The van der Waals surface area contributed by atoms with Crippen LogP contribution < -0.4 is 10.6 Å². The van der Waals surface area contributed by atoms with Gasteiger partial charge in [-0.05, 0) is 37.8 Å². The Bertz CT molecular complexity index is 982. The zero-order valence-electron chi connectivity index (χ0n) is 15.2. The molecule has 27 heavy (non-hydrogen) atoms. The van der Waals surface area contributed by atoms with Crippen LogP contribution in [0.1, 0.15) is 31.2 Å². The summed E-state index contributed by atoms with van der Waals surface area (Å²) >= 11 is 0. The Balaban J connectivity index is 1.56. The summed E-state index contributed by atoms with van der Waals surface area (Å²) in [6, 6.07) is 7.75. The van der Waals surface area contributed by atoms with Crippen LogP contribution in [0, 0.1) is 0 Å². The van der Waals surface area contributed by atoms with Gasteiger partial charge in [-0.2, -0.15) is 0 Å². The molecule has 2 aromatic rings. The van der Waals surface area contributed by atoms with Crippen molar-refractivity contribution in [2.24, 2.45) is 4.99 Å². The fraction of sp³-hybridized carbons (Fsp3) is 0.474. The number of benzene rings is 1. The van der Waals surface area contributed by atoms with Gasteiger partial charge in [0.1, 0.15) is 12.4 Å². The monoisotopic (exact) mass is 366 g/mol. The van der Waals surface area contributed by atoms with Crippen molar-refractivity contribution in [2.45, 2.75) is 32.2 Å².